The van der Waals surface area contributed by atoms with Crippen LogP contribution in [0.2, 0.25) is 0 Å². The number of fused-ring (bicyclic) bond motifs is 5. The molecule has 186 valence electrons. The van der Waals surface area contributed by atoms with Gasteiger partial charge in [-0.2, -0.15) is 26.3 Å². The molecule has 0 aromatic rings. The third-order valence-electron chi connectivity index (χ3n) is 9.03. The van der Waals surface area contributed by atoms with Crippen LogP contribution < -0.4 is 0 Å². The van der Waals surface area contributed by atoms with E-state index in [1.165, 1.54) is 0 Å². The molecular formula is C23H28F6O4. The molecule has 0 aromatic heterocycles. The molecule has 4 nitrogen and oxygen atoms in total. The Balaban J connectivity index is 1.49. The van der Waals surface area contributed by atoms with Crippen LogP contribution in [0.1, 0.15) is 58.8 Å². The highest BCUT2D eigenvalue weighted by atomic mass is 19.4. The van der Waals surface area contributed by atoms with Gasteiger partial charge in [-0.05, 0) is 80.1 Å². The molecule has 0 saturated heterocycles. The third kappa shape index (κ3) is 4.16. The van der Waals surface area contributed by atoms with E-state index in [0.29, 0.717) is 25.7 Å². The van der Waals surface area contributed by atoms with Gasteiger partial charge in [0.05, 0.1) is 0 Å². The van der Waals surface area contributed by atoms with Gasteiger partial charge >= 0.3 is 24.3 Å². The van der Waals surface area contributed by atoms with Gasteiger partial charge in [0.15, 0.2) is 0 Å². The van der Waals surface area contributed by atoms with E-state index < -0.39 is 41.9 Å². The lowest BCUT2D eigenvalue weighted by molar-refractivity contribution is -0.212. The molecule has 8 atom stereocenters. The third-order valence-corrected chi connectivity index (χ3v) is 9.03. The van der Waals surface area contributed by atoms with Gasteiger partial charge in [0.25, 0.3) is 0 Å². The van der Waals surface area contributed by atoms with Crippen LogP contribution in [0.25, 0.3) is 0 Å². The number of halogens is 6. The van der Waals surface area contributed by atoms with Gasteiger partial charge in [-0.3, -0.25) is 0 Å². The predicted octanol–water partition coefficient (Wildman–Crippen LogP) is 5.75. The Hall–Kier alpha value is -1.74. The van der Waals surface area contributed by atoms with Crippen LogP contribution in [0.15, 0.2) is 12.2 Å². The van der Waals surface area contributed by atoms with Crippen molar-refractivity contribution in [2.24, 2.45) is 34.5 Å². The van der Waals surface area contributed by atoms with Gasteiger partial charge < -0.3 is 9.47 Å². The standard InChI is InChI=1S/C23H28F6O4/c1-20-9-7-13(32-18(30)22(24,25)26)11-12(20)3-4-14-15-5-6-17(33-19(31)23(27,28)29)21(15,2)10-8-16(14)20/h7,9,12-17H,3-6,8,10-11H2,1-2H3/t12-,13-,14?,15?,16?,17-,20-,21-/m0/s1. The highest BCUT2D eigenvalue weighted by Gasteiger charge is 2.61. The fourth-order valence-corrected chi connectivity index (χ4v) is 7.41. The molecule has 0 bridgehead atoms. The zero-order valence-electron chi connectivity index (χ0n) is 18.5. The van der Waals surface area contributed by atoms with Gasteiger partial charge in [0.1, 0.15) is 12.2 Å². The van der Waals surface area contributed by atoms with E-state index in [2.05, 4.69) is 11.7 Å². The maximum Gasteiger partial charge on any atom is 0.490 e. The molecule has 0 N–H and O–H groups in total. The molecule has 4 rings (SSSR count). The van der Waals surface area contributed by atoms with Crippen molar-refractivity contribution >= 4 is 11.9 Å². The summed E-state index contributed by atoms with van der Waals surface area (Å²) in [5.74, 6) is -3.69. The van der Waals surface area contributed by atoms with E-state index in [4.69, 9.17) is 4.74 Å². The Morgan fingerprint density at radius 3 is 2.12 bits per heavy atom. The van der Waals surface area contributed by atoms with Gasteiger partial charge in [0, 0.05) is 5.41 Å². The van der Waals surface area contributed by atoms with Gasteiger partial charge in [-0.25, -0.2) is 9.59 Å². The lowest BCUT2D eigenvalue weighted by Gasteiger charge is -2.59. The number of allylic oxidation sites excluding steroid dienone is 1. The molecular weight excluding hydrogens is 454 g/mol. The molecule has 4 aliphatic carbocycles. The van der Waals surface area contributed by atoms with E-state index in [9.17, 15) is 35.9 Å². The summed E-state index contributed by atoms with van der Waals surface area (Å²) in [7, 11) is 0. The molecule has 4 aliphatic rings. The smallest absolute Gasteiger partial charge is 0.455 e. The van der Waals surface area contributed by atoms with Crippen molar-refractivity contribution in [2.75, 3.05) is 0 Å². The summed E-state index contributed by atoms with van der Waals surface area (Å²) in [5, 5.41) is 0. The molecule has 0 heterocycles. The first-order valence-electron chi connectivity index (χ1n) is 11.4. The molecule has 0 spiro atoms. The lowest BCUT2D eigenvalue weighted by Crippen LogP contribution is -2.54. The monoisotopic (exact) mass is 482 g/mol. The first kappa shape index (κ1) is 24.4. The average molecular weight is 482 g/mol. The van der Waals surface area contributed by atoms with E-state index in [1.54, 1.807) is 6.08 Å². The van der Waals surface area contributed by atoms with Crippen LogP contribution in [0.3, 0.4) is 0 Å². The summed E-state index contributed by atoms with van der Waals surface area (Å²) in [6.07, 6.45) is -3.97. The van der Waals surface area contributed by atoms with E-state index in [0.717, 1.165) is 19.3 Å². The minimum absolute atomic E-state index is 0.0550. The topological polar surface area (TPSA) is 52.6 Å². The fourth-order valence-electron chi connectivity index (χ4n) is 7.41. The van der Waals surface area contributed by atoms with Crippen molar-refractivity contribution in [2.45, 2.75) is 83.4 Å². The zero-order valence-corrected chi connectivity index (χ0v) is 18.5. The Morgan fingerprint density at radius 1 is 0.848 bits per heavy atom. The van der Waals surface area contributed by atoms with Crippen molar-refractivity contribution in [3.8, 4) is 0 Å². The highest BCUT2D eigenvalue weighted by Crippen LogP contribution is 2.65. The second kappa shape index (κ2) is 7.90. The maximum absolute atomic E-state index is 12.8. The normalized spacial score (nSPS) is 42.7. The Morgan fingerprint density at radius 2 is 1.48 bits per heavy atom. The number of hydrogen-bond acceptors (Lipinski definition) is 4. The molecule has 0 amide bonds. The fraction of sp³-hybridized carbons (Fsp3) is 0.826. The van der Waals surface area contributed by atoms with Crippen LogP contribution in [-0.2, 0) is 19.1 Å². The molecule has 0 aromatic carbocycles. The highest BCUT2D eigenvalue weighted by molar-refractivity contribution is 5.76. The molecule has 10 heteroatoms. The first-order chi connectivity index (χ1) is 15.2. The first-order valence-corrected chi connectivity index (χ1v) is 11.4. The van der Waals surface area contributed by atoms with Gasteiger partial charge in [0.2, 0.25) is 0 Å². The number of alkyl halides is 6. The molecule has 3 fully saturated rings. The van der Waals surface area contributed by atoms with Crippen LogP contribution in [0.4, 0.5) is 26.3 Å². The van der Waals surface area contributed by atoms with Crippen molar-refractivity contribution < 1.29 is 45.4 Å². The van der Waals surface area contributed by atoms with Crippen molar-refractivity contribution in [1.82, 2.24) is 0 Å². The zero-order chi connectivity index (χ0) is 24.4. The predicted molar refractivity (Wildman–Crippen MR) is 104 cm³/mol. The summed E-state index contributed by atoms with van der Waals surface area (Å²) in [5.41, 5.74) is -0.805. The van der Waals surface area contributed by atoms with Gasteiger partial charge in [-0.1, -0.05) is 19.9 Å². The van der Waals surface area contributed by atoms with E-state index >= 15 is 0 Å². The molecule has 0 aliphatic heterocycles. The average Bonchev–Trinajstić information content (AvgIpc) is 3.03. The largest absolute Gasteiger partial charge is 0.490 e. The molecule has 33 heavy (non-hydrogen) atoms. The Labute approximate surface area is 188 Å². The second-order valence-electron chi connectivity index (χ2n) is 10.6. The number of ether oxygens (including phenoxy) is 2. The van der Waals surface area contributed by atoms with Crippen molar-refractivity contribution in [3.05, 3.63) is 12.2 Å². The summed E-state index contributed by atoms with van der Waals surface area (Å²) < 4.78 is 85.6. The quantitative estimate of drug-likeness (QED) is 0.286. The molecule has 3 unspecified atom stereocenters. The summed E-state index contributed by atoms with van der Waals surface area (Å²) in [6.45, 7) is 4.01. The summed E-state index contributed by atoms with van der Waals surface area (Å²) in [4.78, 5) is 22.7. The number of hydrogen-bond donors (Lipinski definition) is 0. The Bertz CT molecular complexity index is 836. The summed E-state index contributed by atoms with van der Waals surface area (Å²) >= 11 is 0. The van der Waals surface area contributed by atoms with Crippen molar-refractivity contribution in [1.29, 1.82) is 0 Å². The van der Waals surface area contributed by atoms with Crippen LogP contribution in [0, 0.1) is 34.5 Å². The van der Waals surface area contributed by atoms with E-state index in [1.807, 2.05) is 13.0 Å². The number of esters is 2. The maximum atomic E-state index is 12.8. The Kier molecular flexibility index (Phi) is 5.84. The molecule has 0 radical (unpaired) electrons. The number of rotatable bonds is 2. The summed E-state index contributed by atoms with van der Waals surface area (Å²) in [6, 6.07) is 0. The van der Waals surface area contributed by atoms with Crippen LogP contribution in [-0.4, -0.2) is 36.5 Å². The lowest BCUT2D eigenvalue weighted by atomic mass is 9.46. The second-order valence-corrected chi connectivity index (χ2v) is 10.6. The van der Waals surface area contributed by atoms with Crippen LogP contribution in [0.5, 0.6) is 0 Å². The SMILES string of the molecule is C[C@]12CCC3C(CC[C@H]4C[C@@H](OC(=O)C(F)(F)F)C=C[C@]34C)C1CC[C@@H]2OC(=O)C(F)(F)F. The van der Waals surface area contributed by atoms with E-state index in [-0.39, 0.29) is 29.1 Å². The number of carbonyl (C=O) groups excluding carboxylic acids is 2. The minimum Gasteiger partial charge on any atom is -0.455 e. The minimum atomic E-state index is -5.03. The van der Waals surface area contributed by atoms with Crippen LogP contribution >= 0.6 is 0 Å². The molecule has 3 saturated carbocycles. The van der Waals surface area contributed by atoms with Gasteiger partial charge in [-0.15, -0.1) is 0 Å². The number of carbonyl (C=O) groups is 2. The van der Waals surface area contributed by atoms with Crippen molar-refractivity contribution in [3.63, 3.8) is 0 Å².